The van der Waals surface area contributed by atoms with Gasteiger partial charge < -0.3 is 34.3 Å². The Hall–Kier alpha value is -4.43. The average Bonchev–Trinajstić information content (AvgIpc) is 3.57. The van der Waals surface area contributed by atoms with Crippen molar-refractivity contribution in [3.8, 4) is 0 Å². The molecule has 6 fully saturated rings. The number of ether oxygens (including phenoxy) is 4. The molecule has 0 radical (unpaired) electrons. The smallest absolute Gasteiger partial charge is 0.327 e. The van der Waals surface area contributed by atoms with Crippen molar-refractivity contribution in [2.45, 2.75) is 106 Å². The van der Waals surface area contributed by atoms with Crippen LogP contribution in [-0.2, 0) is 64.0 Å². The van der Waals surface area contributed by atoms with Crippen LogP contribution >= 0.6 is 0 Å². The van der Waals surface area contributed by atoms with Gasteiger partial charge in [-0.3, -0.25) is 19.2 Å². The van der Waals surface area contributed by atoms with Gasteiger partial charge in [0.15, 0.2) is 11.8 Å². The van der Waals surface area contributed by atoms with Gasteiger partial charge in [0.25, 0.3) is 0 Å². The maximum Gasteiger partial charge on any atom is 0.327 e. The third kappa shape index (κ3) is 6.51. The van der Waals surface area contributed by atoms with E-state index in [0.717, 1.165) is 47.1 Å². The molecule has 2 saturated carbocycles. The van der Waals surface area contributed by atoms with Gasteiger partial charge in [0, 0.05) is 39.3 Å². The number of aliphatic hydroxyl groups excluding tert-OH is 1. The van der Waals surface area contributed by atoms with Crippen molar-refractivity contribution in [3.05, 3.63) is 113 Å². The highest BCUT2D eigenvalue weighted by Crippen LogP contribution is 2.59. The minimum atomic E-state index is -1.45. The number of nitrogens with one attached hydrogen (secondary N) is 1. The molecule has 10 rings (SSSR count). The molecule has 4 heterocycles. The van der Waals surface area contributed by atoms with Crippen LogP contribution in [0.5, 0.6) is 0 Å². The molecule has 3 aliphatic carbocycles. The van der Waals surface area contributed by atoms with E-state index in [1.165, 1.54) is 4.90 Å². The first kappa shape index (κ1) is 36.9. The number of fused-ring (bicyclic) bond motifs is 6. The van der Waals surface area contributed by atoms with Crippen LogP contribution in [0.2, 0.25) is 0 Å². The fourth-order valence-corrected chi connectivity index (χ4v) is 10.5. The van der Waals surface area contributed by atoms with Crippen molar-refractivity contribution in [2.75, 3.05) is 20.2 Å². The molecule has 3 aromatic carbocycles. The van der Waals surface area contributed by atoms with Gasteiger partial charge in [-0.25, -0.2) is 0 Å². The molecule has 2 N–H and O–H groups in total. The molecular formula is C45H49N3O9. The van der Waals surface area contributed by atoms with Gasteiger partial charge in [-0.05, 0) is 53.0 Å². The first-order valence-corrected chi connectivity index (χ1v) is 20.4. The van der Waals surface area contributed by atoms with Crippen LogP contribution in [0.25, 0.3) is 6.08 Å². The van der Waals surface area contributed by atoms with Gasteiger partial charge in [0.05, 0.1) is 25.4 Å². The Bertz CT molecular complexity index is 2030. The van der Waals surface area contributed by atoms with Crippen molar-refractivity contribution in [3.63, 3.8) is 0 Å². The number of hydrogen-bond acceptors (Lipinski definition) is 10. The summed E-state index contributed by atoms with van der Waals surface area (Å²) in [6.45, 7) is 0.0100. The van der Waals surface area contributed by atoms with E-state index in [1.807, 2.05) is 54.6 Å². The number of allylic oxidation sites excluding steroid dienone is 1. The van der Waals surface area contributed by atoms with Crippen LogP contribution in [0, 0.1) is 11.3 Å². The van der Waals surface area contributed by atoms with Crippen LogP contribution in [0.15, 0.2) is 84.9 Å². The van der Waals surface area contributed by atoms with E-state index in [4.69, 9.17) is 23.8 Å². The van der Waals surface area contributed by atoms with E-state index in [0.29, 0.717) is 31.0 Å². The molecule has 4 saturated heterocycles. The monoisotopic (exact) mass is 775 g/mol. The number of aliphatic hydroxyl groups is 1. The molecule has 298 valence electrons. The normalized spacial score (nSPS) is 33.3. The highest BCUT2D eigenvalue weighted by Gasteiger charge is 2.77. The molecule has 12 nitrogen and oxygen atoms in total. The number of esters is 1. The minimum Gasteiger partial charge on any atom is -0.458 e. The van der Waals surface area contributed by atoms with E-state index in [1.54, 1.807) is 12.1 Å². The standard InChI is InChI=1S/C45H49N3O9/c1-47(33(41(50)46-19-20-49)21-28-7-3-2-4-8-28)43(52)45-25-36-37-38(56-44(55-37)23-31-9-5-6-10-32(31)24-44)40(45)57-48(39(45)42(51)54-36)26-30-15-12-27(13-16-30)11-14-29-17-18-34-35(22-29)53-34/h2-16,29,33-40,49H,17-26H2,1H3,(H,46,50). The number of hydroxylamine groups is 2. The highest BCUT2D eigenvalue weighted by molar-refractivity contribution is 5.96. The Labute approximate surface area is 332 Å². The highest BCUT2D eigenvalue weighted by atomic mass is 16.8. The Kier molecular flexibility index (Phi) is 9.34. The molecule has 7 aliphatic rings. The van der Waals surface area contributed by atoms with E-state index in [-0.39, 0.29) is 32.5 Å². The lowest BCUT2D eigenvalue weighted by atomic mass is 9.62. The number of carbonyl (C=O) groups excluding carboxylic acids is 3. The maximum atomic E-state index is 15.5. The second kappa shape index (κ2) is 14.4. The number of nitrogens with zero attached hydrogens (tertiary/aromatic N) is 2. The summed E-state index contributed by atoms with van der Waals surface area (Å²) in [5.41, 5.74) is 3.66. The summed E-state index contributed by atoms with van der Waals surface area (Å²) >= 11 is 0. The molecule has 2 bridgehead atoms. The molecule has 1 spiro atoms. The Morgan fingerprint density at radius 1 is 0.930 bits per heavy atom. The van der Waals surface area contributed by atoms with Gasteiger partial charge in [-0.2, -0.15) is 5.06 Å². The van der Waals surface area contributed by atoms with Crippen molar-refractivity contribution in [1.29, 1.82) is 0 Å². The van der Waals surface area contributed by atoms with Gasteiger partial charge in [-0.15, -0.1) is 0 Å². The number of amides is 2. The summed E-state index contributed by atoms with van der Waals surface area (Å²) in [5.74, 6) is -1.84. The number of rotatable bonds is 11. The van der Waals surface area contributed by atoms with Gasteiger partial charge in [0.2, 0.25) is 11.8 Å². The largest absolute Gasteiger partial charge is 0.458 e. The van der Waals surface area contributed by atoms with Crippen molar-refractivity contribution >= 4 is 23.9 Å². The molecule has 3 aromatic rings. The fourth-order valence-electron chi connectivity index (χ4n) is 10.5. The summed E-state index contributed by atoms with van der Waals surface area (Å²) in [5, 5.41) is 13.9. The first-order valence-electron chi connectivity index (χ1n) is 20.4. The minimum absolute atomic E-state index is 0.0399. The summed E-state index contributed by atoms with van der Waals surface area (Å²) in [6.07, 6.45) is 7.07. The number of benzene rings is 3. The maximum absolute atomic E-state index is 15.5. The second-order valence-corrected chi connectivity index (χ2v) is 16.9. The molecule has 0 aromatic heterocycles. The Morgan fingerprint density at radius 2 is 1.67 bits per heavy atom. The molecule has 10 unspecified atom stereocenters. The third-order valence-corrected chi connectivity index (χ3v) is 13.4. The topological polar surface area (TPSA) is 139 Å². The summed E-state index contributed by atoms with van der Waals surface area (Å²) in [7, 11) is 1.62. The van der Waals surface area contributed by atoms with Crippen LogP contribution in [0.4, 0.5) is 0 Å². The molecule has 4 aliphatic heterocycles. The third-order valence-electron chi connectivity index (χ3n) is 13.4. The lowest BCUT2D eigenvalue weighted by molar-refractivity contribution is -0.218. The summed E-state index contributed by atoms with van der Waals surface area (Å²) in [6, 6.07) is 23.8. The van der Waals surface area contributed by atoms with Gasteiger partial charge in [0.1, 0.15) is 35.9 Å². The average molecular weight is 776 g/mol. The van der Waals surface area contributed by atoms with E-state index in [2.05, 4.69) is 41.7 Å². The predicted octanol–water partition coefficient (Wildman–Crippen LogP) is 3.52. The van der Waals surface area contributed by atoms with Crippen LogP contribution in [-0.4, -0.2) is 108 Å². The van der Waals surface area contributed by atoms with E-state index < -0.39 is 65.5 Å². The number of hydrogen-bond donors (Lipinski definition) is 2. The molecule has 12 heteroatoms. The van der Waals surface area contributed by atoms with Crippen LogP contribution < -0.4 is 5.32 Å². The molecular weight excluding hydrogens is 727 g/mol. The van der Waals surface area contributed by atoms with Crippen molar-refractivity contribution < 1.29 is 43.3 Å². The van der Waals surface area contributed by atoms with E-state index in [9.17, 15) is 14.7 Å². The number of carbonyl (C=O) groups is 3. The van der Waals surface area contributed by atoms with Crippen molar-refractivity contribution in [2.24, 2.45) is 11.3 Å². The number of epoxide rings is 1. The SMILES string of the molecule is CN(C(=O)C12CC3OC(=O)C1N(Cc1ccc(C=CC4CCC5OC5C4)cc1)OC2C1OC2(Cc4ccccc4C2)OC31)C(Cc1ccccc1)C(=O)NCCO. The fraction of sp³-hybridized carbons (Fsp3) is 0.489. The zero-order chi connectivity index (χ0) is 38.9. The Morgan fingerprint density at radius 3 is 2.40 bits per heavy atom. The quantitative estimate of drug-likeness (QED) is 0.220. The zero-order valence-corrected chi connectivity index (χ0v) is 32.0. The molecule has 57 heavy (non-hydrogen) atoms. The zero-order valence-electron chi connectivity index (χ0n) is 32.0. The lowest BCUT2D eigenvalue weighted by Crippen LogP contribution is -2.70. The lowest BCUT2D eigenvalue weighted by Gasteiger charge is -2.50. The predicted molar refractivity (Wildman–Crippen MR) is 206 cm³/mol. The Balaban J connectivity index is 0.968. The van der Waals surface area contributed by atoms with Crippen LogP contribution in [0.1, 0.15) is 53.5 Å². The van der Waals surface area contributed by atoms with Crippen molar-refractivity contribution in [1.82, 2.24) is 15.3 Å². The van der Waals surface area contributed by atoms with Gasteiger partial charge in [-0.1, -0.05) is 91.0 Å². The van der Waals surface area contributed by atoms with Gasteiger partial charge >= 0.3 is 5.97 Å². The summed E-state index contributed by atoms with van der Waals surface area (Å²) in [4.78, 5) is 52.0. The van der Waals surface area contributed by atoms with E-state index >= 15 is 4.79 Å². The number of likely N-dealkylation sites (N-methyl/N-ethyl adjacent to an activating group) is 1. The summed E-state index contributed by atoms with van der Waals surface area (Å²) < 4.78 is 25.7. The first-order chi connectivity index (χ1) is 27.7. The van der Waals surface area contributed by atoms with Crippen LogP contribution in [0.3, 0.4) is 0 Å². The molecule has 2 amide bonds. The second-order valence-electron chi connectivity index (χ2n) is 16.9. The molecule has 10 atom stereocenters.